The lowest BCUT2D eigenvalue weighted by atomic mass is 9.87. The van der Waals surface area contributed by atoms with E-state index in [1.165, 1.54) is 16.8 Å². The van der Waals surface area contributed by atoms with E-state index in [2.05, 4.69) is 61.0 Å². The van der Waals surface area contributed by atoms with Crippen molar-refractivity contribution >= 4 is 11.7 Å². The summed E-state index contributed by atoms with van der Waals surface area (Å²) in [6, 6.07) is 8.87. The summed E-state index contributed by atoms with van der Waals surface area (Å²) in [6.07, 6.45) is 2.50. The van der Waals surface area contributed by atoms with E-state index in [0.29, 0.717) is 12.5 Å². The molecule has 1 N–H and O–H groups in total. The van der Waals surface area contributed by atoms with Gasteiger partial charge in [0.1, 0.15) is 0 Å². The number of carboxylic acids is 1. The van der Waals surface area contributed by atoms with Gasteiger partial charge >= 0.3 is 5.97 Å². The van der Waals surface area contributed by atoms with Crippen LogP contribution in [0.1, 0.15) is 32.8 Å². The maximum Gasteiger partial charge on any atom is 0.304 e. The zero-order valence-corrected chi connectivity index (χ0v) is 14.2. The largest absolute Gasteiger partial charge is 0.481 e. The fraction of sp³-hybridized carbons (Fsp3) is 0.526. The molecule has 1 aromatic rings. The van der Waals surface area contributed by atoms with Gasteiger partial charge in [0.2, 0.25) is 0 Å². The highest BCUT2D eigenvalue weighted by Crippen LogP contribution is 2.33. The van der Waals surface area contributed by atoms with Crippen molar-refractivity contribution in [3.63, 3.8) is 0 Å². The van der Waals surface area contributed by atoms with Gasteiger partial charge in [-0.1, -0.05) is 32.9 Å². The van der Waals surface area contributed by atoms with Crippen LogP contribution < -0.4 is 4.90 Å². The minimum Gasteiger partial charge on any atom is -0.481 e. The molecule has 0 aromatic heterocycles. The number of likely N-dealkylation sites (tertiary alicyclic amines) is 1. The highest BCUT2D eigenvalue weighted by molar-refractivity contribution is 5.66. The topological polar surface area (TPSA) is 43.8 Å². The van der Waals surface area contributed by atoms with E-state index in [0.717, 1.165) is 19.6 Å². The smallest absolute Gasteiger partial charge is 0.304 e. The van der Waals surface area contributed by atoms with E-state index in [1.54, 1.807) is 0 Å². The Hall–Kier alpha value is -1.81. The van der Waals surface area contributed by atoms with Gasteiger partial charge in [0, 0.05) is 44.0 Å². The Morgan fingerprint density at radius 3 is 2.48 bits per heavy atom. The Labute approximate surface area is 138 Å². The van der Waals surface area contributed by atoms with Crippen LogP contribution in [0.15, 0.2) is 36.0 Å². The number of hydrogen-bond acceptors (Lipinski definition) is 3. The Morgan fingerprint density at radius 1 is 1.22 bits per heavy atom. The number of benzene rings is 1. The number of carbonyl (C=O) groups is 1. The van der Waals surface area contributed by atoms with E-state index >= 15 is 0 Å². The lowest BCUT2D eigenvalue weighted by molar-refractivity contribution is -0.137. The summed E-state index contributed by atoms with van der Waals surface area (Å²) in [5, 5.41) is 8.80. The molecule has 23 heavy (non-hydrogen) atoms. The highest BCUT2D eigenvalue weighted by Gasteiger charge is 2.33. The van der Waals surface area contributed by atoms with E-state index < -0.39 is 5.97 Å². The molecule has 1 atom stereocenters. The lowest BCUT2D eigenvalue weighted by Crippen LogP contribution is -2.27. The molecule has 2 aliphatic rings. The van der Waals surface area contributed by atoms with Gasteiger partial charge < -0.3 is 10.0 Å². The molecule has 0 bridgehead atoms. The second-order valence-corrected chi connectivity index (χ2v) is 7.73. The zero-order chi connectivity index (χ0) is 16.6. The fourth-order valence-corrected chi connectivity index (χ4v) is 3.45. The van der Waals surface area contributed by atoms with Crippen LogP contribution in [0.4, 0.5) is 5.69 Å². The second-order valence-electron chi connectivity index (χ2n) is 7.73. The molecule has 4 nitrogen and oxygen atoms in total. The number of carboxylic acid groups (broad SMARTS) is 1. The minimum absolute atomic E-state index is 0.184. The van der Waals surface area contributed by atoms with Crippen molar-refractivity contribution in [2.24, 2.45) is 5.92 Å². The fourth-order valence-electron chi connectivity index (χ4n) is 3.45. The van der Waals surface area contributed by atoms with Crippen LogP contribution >= 0.6 is 0 Å². The summed E-state index contributed by atoms with van der Waals surface area (Å²) in [7, 11) is 0. The molecule has 2 heterocycles. The van der Waals surface area contributed by atoms with Gasteiger partial charge in [-0.25, -0.2) is 0 Å². The normalized spacial score (nSPS) is 21.4. The van der Waals surface area contributed by atoms with Crippen LogP contribution in [-0.4, -0.2) is 42.2 Å². The van der Waals surface area contributed by atoms with Crippen molar-refractivity contribution in [3.05, 3.63) is 41.6 Å². The van der Waals surface area contributed by atoms with Gasteiger partial charge in [-0.2, -0.15) is 0 Å². The standard InChI is InChI=1S/C19H26N2O2/c1-19(2,3)16-4-6-17(7-5-16)21-12-14-10-20(9-8-18(22)23)11-15(14)13-21/h4-7,12,15H,8-11,13H2,1-3H3,(H,22,23). The lowest BCUT2D eigenvalue weighted by Gasteiger charge is -2.23. The molecule has 1 saturated heterocycles. The summed E-state index contributed by atoms with van der Waals surface area (Å²) in [5.74, 6) is -0.164. The third-order valence-electron chi connectivity index (χ3n) is 4.85. The number of fused-ring (bicyclic) bond motifs is 1. The second kappa shape index (κ2) is 6.00. The van der Waals surface area contributed by atoms with Crippen LogP contribution in [0.25, 0.3) is 0 Å². The van der Waals surface area contributed by atoms with Crippen molar-refractivity contribution in [1.29, 1.82) is 0 Å². The molecule has 0 spiro atoms. The molecular formula is C19H26N2O2. The van der Waals surface area contributed by atoms with Gasteiger partial charge in [-0.3, -0.25) is 9.69 Å². The molecule has 1 aromatic carbocycles. The highest BCUT2D eigenvalue weighted by atomic mass is 16.4. The van der Waals surface area contributed by atoms with Crippen LogP contribution in [0.3, 0.4) is 0 Å². The molecule has 0 radical (unpaired) electrons. The third kappa shape index (κ3) is 3.58. The van der Waals surface area contributed by atoms with Crippen molar-refractivity contribution in [2.75, 3.05) is 31.1 Å². The molecule has 0 aliphatic carbocycles. The van der Waals surface area contributed by atoms with E-state index in [9.17, 15) is 4.79 Å². The van der Waals surface area contributed by atoms with Crippen LogP contribution in [0, 0.1) is 5.92 Å². The Bertz CT molecular complexity index is 613. The number of nitrogens with zero attached hydrogens (tertiary/aromatic N) is 2. The SMILES string of the molecule is CC(C)(C)c1ccc(N2C=C3CN(CCC(=O)O)CC3C2)cc1. The Kier molecular flexibility index (Phi) is 4.19. The quantitative estimate of drug-likeness (QED) is 0.927. The average molecular weight is 314 g/mol. The van der Waals surface area contributed by atoms with Gasteiger partial charge in [0.25, 0.3) is 0 Å². The Morgan fingerprint density at radius 2 is 1.91 bits per heavy atom. The third-order valence-corrected chi connectivity index (χ3v) is 4.85. The van der Waals surface area contributed by atoms with Crippen molar-refractivity contribution < 1.29 is 9.90 Å². The molecule has 2 aliphatic heterocycles. The van der Waals surface area contributed by atoms with Crippen molar-refractivity contribution in [3.8, 4) is 0 Å². The van der Waals surface area contributed by atoms with E-state index in [-0.39, 0.29) is 11.8 Å². The molecular weight excluding hydrogens is 288 g/mol. The van der Waals surface area contributed by atoms with Crippen molar-refractivity contribution in [1.82, 2.24) is 4.90 Å². The molecule has 0 amide bonds. The first kappa shape index (κ1) is 16.1. The van der Waals surface area contributed by atoms with Crippen LogP contribution in [0.2, 0.25) is 0 Å². The minimum atomic E-state index is -0.711. The summed E-state index contributed by atoms with van der Waals surface area (Å²) in [4.78, 5) is 15.3. The van der Waals surface area contributed by atoms with Crippen LogP contribution in [-0.2, 0) is 10.2 Å². The molecule has 1 unspecified atom stereocenters. The average Bonchev–Trinajstić information content (AvgIpc) is 3.02. The summed E-state index contributed by atoms with van der Waals surface area (Å²) in [6.45, 7) is 10.3. The predicted molar refractivity (Wildman–Crippen MR) is 92.8 cm³/mol. The number of aliphatic carboxylic acids is 1. The van der Waals surface area contributed by atoms with Gasteiger partial charge in [0.15, 0.2) is 0 Å². The first-order valence-electron chi connectivity index (χ1n) is 8.35. The monoisotopic (exact) mass is 314 g/mol. The first-order valence-corrected chi connectivity index (χ1v) is 8.35. The number of anilines is 1. The van der Waals surface area contributed by atoms with E-state index in [4.69, 9.17) is 5.11 Å². The molecule has 3 rings (SSSR count). The molecule has 124 valence electrons. The summed E-state index contributed by atoms with van der Waals surface area (Å²) >= 11 is 0. The Balaban J connectivity index is 1.64. The predicted octanol–water partition coefficient (Wildman–Crippen LogP) is 3.09. The maximum absolute atomic E-state index is 10.7. The molecule has 1 fully saturated rings. The molecule has 4 heteroatoms. The van der Waals surface area contributed by atoms with Gasteiger partial charge in [0.05, 0.1) is 6.42 Å². The van der Waals surface area contributed by atoms with Crippen LogP contribution in [0.5, 0.6) is 0 Å². The number of rotatable bonds is 4. The van der Waals surface area contributed by atoms with Gasteiger partial charge in [-0.15, -0.1) is 0 Å². The first-order chi connectivity index (χ1) is 10.8. The number of hydrogen-bond donors (Lipinski definition) is 1. The van der Waals surface area contributed by atoms with Crippen molar-refractivity contribution in [2.45, 2.75) is 32.6 Å². The summed E-state index contributed by atoms with van der Waals surface area (Å²) < 4.78 is 0. The zero-order valence-electron chi connectivity index (χ0n) is 14.2. The van der Waals surface area contributed by atoms with Gasteiger partial charge in [-0.05, 0) is 28.7 Å². The maximum atomic E-state index is 10.7. The molecule has 0 saturated carbocycles. The summed E-state index contributed by atoms with van der Waals surface area (Å²) in [5.41, 5.74) is 4.23. The van der Waals surface area contributed by atoms with E-state index in [1.807, 2.05) is 0 Å².